The lowest BCUT2D eigenvalue weighted by Gasteiger charge is -2.07. The number of hydrogen-bond acceptors (Lipinski definition) is 5. The van der Waals surface area contributed by atoms with Gasteiger partial charge in [-0.3, -0.25) is 14.8 Å². The molecule has 2 aromatic heterocycles. The zero-order valence-electron chi connectivity index (χ0n) is 9.09. The van der Waals surface area contributed by atoms with Gasteiger partial charge in [-0.2, -0.15) is 13.5 Å². The van der Waals surface area contributed by atoms with E-state index in [1.807, 2.05) is 0 Å². The van der Waals surface area contributed by atoms with Gasteiger partial charge in [0.15, 0.2) is 5.03 Å². The number of hydrogen-bond donors (Lipinski definition) is 3. The van der Waals surface area contributed by atoms with Gasteiger partial charge in [-0.15, -0.1) is 0 Å². The number of pyridine rings is 1. The van der Waals surface area contributed by atoms with Gasteiger partial charge in [-0.25, -0.2) is 0 Å². The smallest absolute Gasteiger partial charge is 0.279 e. The number of aromatic amines is 1. The number of anilines is 1. The number of H-pyrrole nitrogens is 1. The van der Waals surface area contributed by atoms with Crippen LogP contribution in [0.1, 0.15) is 5.56 Å². The van der Waals surface area contributed by atoms with Gasteiger partial charge in [0, 0.05) is 22.8 Å². The predicted octanol–water partition coefficient (Wildman–Crippen LogP) is 0.827. The van der Waals surface area contributed by atoms with Gasteiger partial charge in [0.1, 0.15) is 0 Å². The molecule has 0 spiro atoms. The van der Waals surface area contributed by atoms with Crippen molar-refractivity contribution in [2.24, 2.45) is 5.73 Å². The topological polar surface area (TPSA) is 114 Å². The molecule has 0 atom stereocenters. The summed E-state index contributed by atoms with van der Waals surface area (Å²) >= 11 is 3.21. The molecule has 2 aromatic rings. The molecule has 0 radical (unpaired) electrons. The summed E-state index contributed by atoms with van der Waals surface area (Å²) in [4.78, 5) is 3.87. The minimum Gasteiger partial charge on any atom is -0.326 e. The standard InChI is InChI=1S/C9H10BrN5O2S/c10-7-1-8(5-12-4-7)15-18(16,17)9-6(2-11)3-13-14-9/h1,3-5,15H,2,11H2,(H,13,14). The fourth-order valence-corrected chi connectivity index (χ4v) is 2.89. The van der Waals surface area contributed by atoms with Crippen molar-refractivity contribution in [3.8, 4) is 0 Å². The highest BCUT2D eigenvalue weighted by Gasteiger charge is 2.20. The Morgan fingerprint density at radius 3 is 2.83 bits per heavy atom. The summed E-state index contributed by atoms with van der Waals surface area (Å²) in [5.41, 5.74) is 6.21. The molecule has 18 heavy (non-hydrogen) atoms. The van der Waals surface area contributed by atoms with Gasteiger partial charge >= 0.3 is 0 Å². The third kappa shape index (κ3) is 2.68. The van der Waals surface area contributed by atoms with Crippen molar-refractivity contribution in [1.82, 2.24) is 15.2 Å². The summed E-state index contributed by atoms with van der Waals surface area (Å²) in [6.45, 7) is 0.0868. The van der Waals surface area contributed by atoms with Gasteiger partial charge in [0.05, 0.1) is 18.1 Å². The molecule has 0 bridgehead atoms. The van der Waals surface area contributed by atoms with Crippen LogP contribution in [-0.4, -0.2) is 23.6 Å². The van der Waals surface area contributed by atoms with Crippen molar-refractivity contribution in [2.75, 3.05) is 4.72 Å². The maximum atomic E-state index is 12.1. The average molecular weight is 332 g/mol. The molecule has 0 saturated heterocycles. The molecule has 4 N–H and O–H groups in total. The SMILES string of the molecule is NCc1cn[nH]c1S(=O)(=O)Nc1cncc(Br)c1. The Kier molecular flexibility index (Phi) is 3.64. The van der Waals surface area contributed by atoms with Crippen molar-refractivity contribution in [2.45, 2.75) is 11.6 Å². The van der Waals surface area contributed by atoms with Crippen molar-refractivity contribution >= 4 is 31.6 Å². The second-order valence-electron chi connectivity index (χ2n) is 3.43. The summed E-state index contributed by atoms with van der Waals surface area (Å²) in [7, 11) is -3.74. The first-order valence-corrected chi connectivity index (χ1v) is 7.16. The van der Waals surface area contributed by atoms with Crippen LogP contribution in [0.25, 0.3) is 0 Å². The number of nitrogens with zero attached hydrogens (tertiary/aromatic N) is 2. The fraction of sp³-hybridized carbons (Fsp3) is 0.111. The first kappa shape index (κ1) is 13.0. The number of nitrogens with two attached hydrogens (primary N) is 1. The monoisotopic (exact) mass is 331 g/mol. The highest BCUT2D eigenvalue weighted by molar-refractivity contribution is 9.10. The van der Waals surface area contributed by atoms with Crippen LogP contribution in [0.4, 0.5) is 5.69 Å². The van der Waals surface area contributed by atoms with E-state index in [2.05, 4.69) is 35.8 Å². The third-order valence-electron chi connectivity index (χ3n) is 2.12. The van der Waals surface area contributed by atoms with E-state index in [-0.39, 0.29) is 11.6 Å². The number of aromatic nitrogens is 3. The highest BCUT2D eigenvalue weighted by atomic mass is 79.9. The molecule has 0 aliphatic carbocycles. The van der Waals surface area contributed by atoms with E-state index in [1.165, 1.54) is 12.4 Å². The molecule has 2 rings (SSSR count). The lowest BCUT2D eigenvalue weighted by Crippen LogP contribution is -2.16. The van der Waals surface area contributed by atoms with E-state index >= 15 is 0 Å². The van der Waals surface area contributed by atoms with Crippen LogP contribution >= 0.6 is 15.9 Å². The lowest BCUT2D eigenvalue weighted by atomic mass is 10.4. The number of rotatable bonds is 4. The van der Waals surface area contributed by atoms with E-state index in [9.17, 15) is 8.42 Å². The second-order valence-corrected chi connectivity index (χ2v) is 5.96. The second kappa shape index (κ2) is 5.04. The molecule has 2 heterocycles. The first-order chi connectivity index (χ1) is 8.53. The Balaban J connectivity index is 2.33. The third-order valence-corrected chi connectivity index (χ3v) is 3.95. The zero-order valence-corrected chi connectivity index (χ0v) is 11.5. The Labute approximate surface area is 112 Å². The molecule has 0 aromatic carbocycles. The van der Waals surface area contributed by atoms with Crippen molar-refractivity contribution < 1.29 is 8.42 Å². The highest BCUT2D eigenvalue weighted by Crippen LogP contribution is 2.19. The maximum absolute atomic E-state index is 12.1. The minimum absolute atomic E-state index is 0.0371. The van der Waals surface area contributed by atoms with Gasteiger partial charge in [-0.1, -0.05) is 0 Å². The number of nitrogens with one attached hydrogen (secondary N) is 2. The van der Waals surface area contributed by atoms with Gasteiger partial charge < -0.3 is 5.73 Å². The van der Waals surface area contributed by atoms with Gasteiger partial charge in [0.25, 0.3) is 10.0 Å². The minimum atomic E-state index is -3.74. The summed E-state index contributed by atoms with van der Waals surface area (Å²) in [5.74, 6) is 0. The summed E-state index contributed by atoms with van der Waals surface area (Å²) in [6.07, 6.45) is 4.34. The van der Waals surface area contributed by atoms with Crippen molar-refractivity contribution in [3.63, 3.8) is 0 Å². The maximum Gasteiger partial charge on any atom is 0.279 e. The largest absolute Gasteiger partial charge is 0.326 e. The Bertz CT molecular complexity index is 654. The Morgan fingerprint density at radius 2 is 2.17 bits per heavy atom. The van der Waals surface area contributed by atoms with Crippen LogP contribution in [0.15, 0.2) is 34.2 Å². The van der Waals surface area contributed by atoms with E-state index < -0.39 is 10.0 Å². The summed E-state index contributed by atoms with van der Waals surface area (Å²) < 4.78 is 27.2. The molecule has 0 aliphatic rings. The molecule has 7 nitrogen and oxygen atoms in total. The fourth-order valence-electron chi connectivity index (χ4n) is 1.35. The van der Waals surface area contributed by atoms with E-state index in [0.717, 1.165) is 0 Å². The number of sulfonamides is 1. The van der Waals surface area contributed by atoms with Crippen LogP contribution in [0.5, 0.6) is 0 Å². The van der Waals surface area contributed by atoms with Gasteiger partial charge in [0.2, 0.25) is 0 Å². The molecule has 96 valence electrons. The molecule has 0 aliphatic heterocycles. The normalized spacial score (nSPS) is 11.4. The van der Waals surface area contributed by atoms with Crippen LogP contribution in [0.3, 0.4) is 0 Å². The first-order valence-electron chi connectivity index (χ1n) is 4.88. The molecule has 0 unspecified atom stereocenters. The van der Waals surface area contributed by atoms with Crippen molar-refractivity contribution in [3.05, 3.63) is 34.7 Å². The van der Waals surface area contributed by atoms with E-state index in [0.29, 0.717) is 15.7 Å². The lowest BCUT2D eigenvalue weighted by molar-refractivity contribution is 0.596. The molecule has 9 heteroatoms. The van der Waals surface area contributed by atoms with Crippen LogP contribution in [-0.2, 0) is 16.6 Å². The quantitative estimate of drug-likeness (QED) is 0.767. The molecule has 0 amide bonds. The van der Waals surface area contributed by atoms with Crippen LogP contribution < -0.4 is 10.5 Å². The van der Waals surface area contributed by atoms with Gasteiger partial charge in [-0.05, 0) is 22.0 Å². The van der Waals surface area contributed by atoms with E-state index in [1.54, 1.807) is 12.3 Å². The molecular formula is C9H10BrN5O2S. The number of halogens is 1. The Morgan fingerprint density at radius 1 is 1.39 bits per heavy atom. The van der Waals surface area contributed by atoms with Crippen molar-refractivity contribution in [1.29, 1.82) is 0 Å². The Hall–Kier alpha value is -1.45. The zero-order chi connectivity index (χ0) is 13.2. The van der Waals surface area contributed by atoms with Crippen LogP contribution in [0, 0.1) is 0 Å². The molecule has 0 fully saturated rings. The van der Waals surface area contributed by atoms with E-state index in [4.69, 9.17) is 5.73 Å². The molecular weight excluding hydrogens is 322 g/mol. The summed E-state index contributed by atoms with van der Waals surface area (Å²) in [5, 5.41) is 6.05. The predicted molar refractivity (Wildman–Crippen MR) is 69.2 cm³/mol. The average Bonchev–Trinajstić information content (AvgIpc) is 2.77. The molecule has 0 saturated carbocycles. The van der Waals surface area contributed by atoms with Crippen LogP contribution in [0.2, 0.25) is 0 Å². The summed E-state index contributed by atoms with van der Waals surface area (Å²) in [6, 6.07) is 1.60.